The van der Waals surface area contributed by atoms with E-state index in [1.807, 2.05) is 13.8 Å². The zero-order chi connectivity index (χ0) is 7.44. The molecule has 0 unspecified atom stereocenters. The normalized spacial score (nSPS) is 13.7. The Kier molecular flexibility index (Phi) is 3.36. The van der Waals surface area contributed by atoms with Gasteiger partial charge in [0.15, 0.2) is 0 Å². The van der Waals surface area contributed by atoms with Gasteiger partial charge in [-0.1, -0.05) is 13.8 Å². The number of hydrogen-bond donors (Lipinski definition) is 1. The minimum atomic E-state index is -0.691. The maximum absolute atomic E-state index is 10.2. The van der Waals surface area contributed by atoms with E-state index in [1.54, 1.807) is 7.85 Å². The monoisotopic (exact) mass is 128 g/mol. The Balaban J connectivity index is 3.50. The number of carboxylic acids is 1. The number of carbonyl (C=O) groups is 1. The van der Waals surface area contributed by atoms with Gasteiger partial charge in [0, 0.05) is 5.82 Å². The fourth-order valence-electron chi connectivity index (χ4n) is 0.808. The molecule has 3 heteroatoms. The summed E-state index contributed by atoms with van der Waals surface area (Å²) in [5.41, 5.74) is 0. The lowest BCUT2D eigenvalue weighted by Crippen LogP contribution is -2.09. The predicted octanol–water partition coefficient (Wildman–Crippen LogP) is 0.539. The van der Waals surface area contributed by atoms with E-state index in [0.29, 0.717) is 5.92 Å². The fraction of sp³-hybridized carbons (Fsp3) is 0.833. The van der Waals surface area contributed by atoms with Crippen LogP contribution in [0.3, 0.4) is 0 Å². The van der Waals surface area contributed by atoms with Crippen molar-refractivity contribution in [1.29, 1.82) is 0 Å². The van der Waals surface area contributed by atoms with Crippen LogP contribution in [0.15, 0.2) is 0 Å². The molecule has 9 heavy (non-hydrogen) atoms. The van der Waals surface area contributed by atoms with Gasteiger partial charge in [-0.05, 0) is 12.3 Å². The number of rotatable bonds is 3. The van der Waals surface area contributed by atoms with E-state index in [-0.39, 0.29) is 5.82 Å². The summed E-state index contributed by atoms with van der Waals surface area (Å²) in [6.07, 6.45) is 0.773. The molecule has 0 fully saturated rings. The number of carboxylic acid groups (broad SMARTS) is 1. The summed E-state index contributed by atoms with van der Waals surface area (Å²) in [4.78, 5) is 10.2. The molecule has 0 saturated heterocycles. The summed E-state index contributed by atoms with van der Waals surface area (Å²) in [6.45, 7) is 4.05. The van der Waals surface area contributed by atoms with Gasteiger partial charge in [-0.25, -0.2) is 0 Å². The van der Waals surface area contributed by atoms with Crippen molar-refractivity contribution in [2.24, 2.45) is 5.92 Å². The average Bonchev–Trinajstić information content (AvgIpc) is 1.63. The third-order valence-electron chi connectivity index (χ3n) is 1.25. The zero-order valence-electron chi connectivity index (χ0n) is 6.22. The van der Waals surface area contributed by atoms with Crippen molar-refractivity contribution in [3.63, 3.8) is 0 Å². The lowest BCUT2D eigenvalue weighted by atomic mass is 9.81. The topological polar surface area (TPSA) is 37.3 Å². The summed E-state index contributed by atoms with van der Waals surface area (Å²) < 4.78 is 0. The first-order valence-electron chi connectivity index (χ1n) is 3.26. The third kappa shape index (κ3) is 4.07. The van der Waals surface area contributed by atoms with Crippen molar-refractivity contribution in [3.05, 3.63) is 0 Å². The van der Waals surface area contributed by atoms with Crippen LogP contribution in [0, 0.1) is 5.92 Å². The first-order chi connectivity index (χ1) is 4.04. The number of hydrogen-bond acceptors (Lipinski definition) is 1. The molecular weight excluding hydrogens is 115 g/mol. The highest BCUT2D eigenvalue weighted by molar-refractivity contribution is 6.22. The summed E-state index contributed by atoms with van der Waals surface area (Å²) in [7, 11) is 1.74. The van der Waals surface area contributed by atoms with Crippen molar-refractivity contribution >= 4 is 13.8 Å². The predicted molar refractivity (Wildman–Crippen MR) is 39.4 cm³/mol. The average molecular weight is 128 g/mol. The van der Waals surface area contributed by atoms with Crippen LogP contribution in [-0.2, 0) is 4.79 Å². The first kappa shape index (κ1) is 8.53. The molecule has 0 aliphatic rings. The van der Waals surface area contributed by atoms with E-state index in [2.05, 4.69) is 0 Å². The molecule has 1 N–H and O–H groups in total. The van der Waals surface area contributed by atoms with Gasteiger partial charge in [0.05, 0.1) is 0 Å². The fourth-order valence-corrected chi connectivity index (χ4v) is 0.808. The molecule has 0 aromatic carbocycles. The van der Waals surface area contributed by atoms with Gasteiger partial charge in [0.2, 0.25) is 0 Å². The van der Waals surface area contributed by atoms with E-state index < -0.39 is 5.97 Å². The molecule has 0 aromatic heterocycles. The van der Waals surface area contributed by atoms with Crippen molar-refractivity contribution in [2.45, 2.75) is 26.1 Å². The van der Waals surface area contributed by atoms with E-state index in [1.165, 1.54) is 0 Å². The first-order valence-corrected chi connectivity index (χ1v) is 3.26. The van der Waals surface area contributed by atoms with Crippen LogP contribution in [-0.4, -0.2) is 18.9 Å². The summed E-state index contributed by atoms with van der Waals surface area (Å²) in [5.74, 6) is -0.398. The number of aliphatic carboxylic acids is 1. The van der Waals surface area contributed by atoms with E-state index >= 15 is 0 Å². The van der Waals surface area contributed by atoms with Gasteiger partial charge in [-0.2, -0.15) is 0 Å². The molecule has 0 aliphatic carbocycles. The summed E-state index contributed by atoms with van der Waals surface area (Å²) >= 11 is 0. The standard InChI is InChI=1S/C6H13BO2/c1-4(2)3-5(7)6(8)9/h4-5H,3,7H2,1-2H3,(H,8,9)/t5-/m0/s1. The van der Waals surface area contributed by atoms with Crippen molar-refractivity contribution in [2.75, 3.05) is 0 Å². The minimum absolute atomic E-state index is 0.190. The molecule has 0 aliphatic heterocycles. The zero-order valence-corrected chi connectivity index (χ0v) is 6.22. The van der Waals surface area contributed by atoms with Gasteiger partial charge in [-0.15, -0.1) is 0 Å². The Bertz CT molecular complexity index is 101. The Morgan fingerprint density at radius 3 is 2.22 bits per heavy atom. The van der Waals surface area contributed by atoms with E-state index in [9.17, 15) is 4.79 Å². The molecule has 0 heterocycles. The SMILES string of the molecule is B[C@@H](CC(C)C)C(=O)O. The van der Waals surface area contributed by atoms with Crippen LogP contribution >= 0.6 is 0 Å². The van der Waals surface area contributed by atoms with E-state index in [4.69, 9.17) is 5.11 Å². The van der Waals surface area contributed by atoms with Gasteiger partial charge in [0.25, 0.3) is 5.97 Å². The molecule has 0 rings (SSSR count). The lowest BCUT2D eigenvalue weighted by molar-refractivity contribution is -0.137. The van der Waals surface area contributed by atoms with Gasteiger partial charge < -0.3 is 5.11 Å². The smallest absolute Gasteiger partial charge is 0.298 e. The highest BCUT2D eigenvalue weighted by Gasteiger charge is 2.11. The Morgan fingerprint density at radius 2 is 2.11 bits per heavy atom. The second-order valence-electron chi connectivity index (χ2n) is 2.87. The molecular formula is C6H13BO2. The van der Waals surface area contributed by atoms with Crippen LogP contribution in [0.2, 0.25) is 5.82 Å². The van der Waals surface area contributed by atoms with Crippen LogP contribution in [0.5, 0.6) is 0 Å². The quantitative estimate of drug-likeness (QED) is 0.563. The molecule has 1 atom stereocenters. The second kappa shape index (κ2) is 3.54. The van der Waals surface area contributed by atoms with Crippen molar-refractivity contribution in [1.82, 2.24) is 0 Å². The highest BCUT2D eigenvalue weighted by atomic mass is 16.4. The molecule has 0 aromatic rings. The Morgan fingerprint density at radius 1 is 1.67 bits per heavy atom. The molecule has 0 radical (unpaired) electrons. The summed E-state index contributed by atoms with van der Waals surface area (Å²) in [6, 6.07) is 0. The van der Waals surface area contributed by atoms with Gasteiger partial charge in [-0.3, -0.25) is 4.79 Å². The summed E-state index contributed by atoms with van der Waals surface area (Å²) in [5, 5.41) is 8.43. The second-order valence-corrected chi connectivity index (χ2v) is 2.87. The largest absolute Gasteiger partial charge is 0.482 e. The molecule has 52 valence electrons. The van der Waals surface area contributed by atoms with Crippen LogP contribution in [0.25, 0.3) is 0 Å². The molecule has 0 amide bonds. The Hall–Kier alpha value is -0.465. The molecule has 2 nitrogen and oxygen atoms in total. The van der Waals surface area contributed by atoms with Gasteiger partial charge >= 0.3 is 0 Å². The third-order valence-corrected chi connectivity index (χ3v) is 1.25. The van der Waals surface area contributed by atoms with Gasteiger partial charge in [0.1, 0.15) is 7.85 Å². The maximum Gasteiger partial charge on any atom is 0.298 e. The maximum atomic E-state index is 10.2. The molecule has 0 bridgehead atoms. The highest BCUT2D eigenvalue weighted by Crippen LogP contribution is 2.12. The Labute approximate surface area is 56.7 Å². The van der Waals surface area contributed by atoms with Crippen LogP contribution in [0.1, 0.15) is 20.3 Å². The molecule has 0 spiro atoms. The lowest BCUT2D eigenvalue weighted by Gasteiger charge is -2.07. The van der Waals surface area contributed by atoms with Crippen LogP contribution < -0.4 is 0 Å². The van der Waals surface area contributed by atoms with Crippen molar-refractivity contribution in [3.8, 4) is 0 Å². The van der Waals surface area contributed by atoms with Crippen molar-refractivity contribution < 1.29 is 9.90 Å². The minimum Gasteiger partial charge on any atom is -0.482 e. The van der Waals surface area contributed by atoms with Crippen LogP contribution in [0.4, 0.5) is 0 Å². The van der Waals surface area contributed by atoms with E-state index in [0.717, 1.165) is 6.42 Å². The molecule has 0 saturated carbocycles.